The fourth-order valence-electron chi connectivity index (χ4n) is 4.84. The maximum atomic E-state index is 5.63. The van der Waals surface area contributed by atoms with Gasteiger partial charge in [-0.05, 0) is 48.9 Å². The maximum Gasteiger partial charge on any atom is 0.147 e. The number of hydrogen-bond donors (Lipinski definition) is 0. The van der Waals surface area contributed by atoms with Crippen LogP contribution in [0.3, 0.4) is 0 Å². The summed E-state index contributed by atoms with van der Waals surface area (Å²) in [7, 11) is 0. The molecule has 0 aliphatic carbocycles. The highest BCUT2D eigenvalue weighted by atomic mass is 16.5. The standard InChI is InChI=1S/C21H26N4O/c1-2-20-18(6-12-26-20)13-16(1)3-9-24-10-4-17-5-11-25(15-19(17)24)21-14-22-7-8-23-21/h1-2,7-8,13-14,17,19H,3-6,9-12,15H2. The fraction of sp³-hybridized carbons (Fsp3) is 0.524. The number of ether oxygens (including phenoxy) is 1. The van der Waals surface area contributed by atoms with E-state index in [1.807, 2.05) is 6.20 Å². The van der Waals surface area contributed by atoms with Crippen LogP contribution in [0.25, 0.3) is 0 Å². The van der Waals surface area contributed by atoms with Gasteiger partial charge in [0.15, 0.2) is 0 Å². The van der Waals surface area contributed by atoms with Gasteiger partial charge in [0.2, 0.25) is 0 Å². The maximum absolute atomic E-state index is 5.63. The van der Waals surface area contributed by atoms with E-state index in [1.54, 1.807) is 12.4 Å². The third-order valence-corrected chi connectivity index (χ3v) is 6.29. The third-order valence-electron chi connectivity index (χ3n) is 6.29. The van der Waals surface area contributed by atoms with Crippen molar-refractivity contribution in [2.45, 2.75) is 31.7 Å². The van der Waals surface area contributed by atoms with Crippen molar-refractivity contribution in [3.8, 4) is 5.75 Å². The second kappa shape index (κ2) is 6.88. The molecule has 5 rings (SSSR count). The Labute approximate surface area is 155 Å². The van der Waals surface area contributed by atoms with E-state index >= 15 is 0 Å². The Morgan fingerprint density at radius 1 is 1.15 bits per heavy atom. The van der Waals surface area contributed by atoms with Gasteiger partial charge in [-0.3, -0.25) is 9.88 Å². The minimum Gasteiger partial charge on any atom is -0.493 e. The molecule has 2 unspecified atom stereocenters. The van der Waals surface area contributed by atoms with E-state index in [2.05, 4.69) is 38.0 Å². The van der Waals surface area contributed by atoms with Crippen LogP contribution in [-0.2, 0) is 12.8 Å². The molecule has 0 bridgehead atoms. The number of anilines is 1. The second-order valence-electron chi connectivity index (χ2n) is 7.74. The van der Waals surface area contributed by atoms with Gasteiger partial charge < -0.3 is 9.64 Å². The summed E-state index contributed by atoms with van der Waals surface area (Å²) in [6.07, 6.45) is 10.2. The predicted octanol–water partition coefficient (Wildman–Crippen LogP) is 2.55. The second-order valence-corrected chi connectivity index (χ2v) is 7.74. The van der Waals surface area contributed by atoms with Crippen LogP contribution in [0.2, 0.25) is 0 Å². The van der Waals surface area contributed by atoms with E-state index in [0.29, 0.717) is 6.04 Å². The number of likely N-dealkylation sites (tertiary alicyclic amines) is 1. The molecule has 4 heterocycles. The summed E-state index contributed by atoms with van der Waals surface area (Å²) >= 11 is 0. The van der Waals surface area contributed by atoms with E-state index in [9.17, 15) is 0 Å². The summed E-state index contributed by atoms with van der Waals surface area (Å²) in [5.41, 5.74) is 2.83. The first-order valence-corrected chi connectivity index (χ1v) is 9.86. The molecule has 2 atom stereocenters. The molecule has 5 nitrogen and oxygen atoms in total. The first-order chi connectivity index (χ1) is 12.9. The summed E-state index contributed by atoms with van der Waals surface area (Å²) in [6, 6.07) is 7.40. The Balaban J connectivity index is 1.24. The van der Waals surface area contributed by atoms with Crippen molar-refractivity contribution in [2.24, 2.45) is 5.92 Å². The van der Waals surface area contributed by atoms with Crippen molar-refractivity contribution in [3.05, 3.63) is 47.9 Å². The highest BCUT2D eigenvalue weighted by molar-refractivity contribution is 5.40. The van der Waals surface area contributed by atoms with Crippen molar-refractivity contribution < 1.29 is 4.74 Å². The Hall–Kier alpha value is -2.14. The van der Waals surface area contributed by atoms with Gasteiger partial charge in [-0.2, -0.15) is 0 Å². The quantitative estimate of drug-likeness (QED) is 0.848. The molecule has 1 aromatic carbocycles. The summed E-state index contributed by atoms with van der Waals surface area (Å²) < 4.78 is 5.63. The van der Waals surface area contributed by atoms with Crippen molar-refractivity contribution in [2.75, 3.05) is 37.7 Å². The smallest absolute Gasteiger partial charge is 0.147 e. The minimum absolute atomic E-state index is 0.656. The largest absolute Gasteiger partial charge is 0.493 e. The van der Waals surface area contributed by atoms with Gasteiger partial charge in [-0.25, -0.2) is 4.98 Å². The van der Waals surface area contributed by atoms with Crippen LogP contribution in [0.15, 0.2) is 36.8 Å². The highest BCUT2D eigenvalue weighted by Gasteiger charge is 2.38. The molecule has 0 N–H and O–H groups in total. The van der Waals surface area contributed by atoms with Crippen molar-refractivity contribution in [3.63, 3.8) is 0 Å². The van der Waals surface area contributed by atoms with Gasteiger partial charge >= 0.3 is 0 Å². The summed E-state index contributed by atoms with van der Waals surface area (Å²) in [5.74, 6) is 2.95. The van der Waals surface area contributed by atoms with E-state index in [4.69, 9.17) is 4.74 Å². The molecular weight excluding hydrogens is 324 g/mol. The van der Waals surface area contributed by atoms with E-state index in [0.717, 1.165) is 56.6 Å². The fourth-order valence-corrected chi connectivity index (χ4v) is 4.84. The SMILES string of the molecule is c1cnc(N2CCC3CCN(CCc4ccc5c(c4)CCO5)C3C2)cn1. The number of aromatic nitrogens is 2. The normalized spacial score (nSPS) is 25.0. The lowest BCUT2D eigenvalue weighted by molar-refractivity contribution is 0.209. The first-order valence-electron chi connectivity index (χ1n) is 9.86. The summed E-state index contributed by atoms with van der Waals surface area (Å²) in [4.78, 5) is 13.9. The molecule has 3 aliphatic heterocycles. The van der Waals surface area contributed by atoms with Gasteiger partial charge in [0.1, 0.15) is 11.6 Å². The minimum atomic E-state index is 0.656. The molecule has 1 aromatic heterocycles. The predicted molar refractivity (Wildman–Crippen MR) is 102 cm³/mol. The van der Waals surface area contributed by atoms with Gasteiger partial charge in [0.25, 0.3) is 0 Å². The van der Waals surface area contributed by atoms with Crippen LogP contribution >= 0.6 is 0 Å². The van der Waals surface area contributed by atoms with Crippen molar-refractivity contribution in [1.82, 2.24) is 14.9 Å². The molecule has 136 valence electrons. The molecule has 0 spiro atoms. The van der Waals surface area contributed by atoms with Gasteiger partial charge in [-0.1, -0.05) is 12.1 Å². The molecule has 0 amide bonds. The molecule has 0 radical (unpaired) electrons. The molecule has 0 saturated carbocycles. The topological polar surface area (TPSA) is 41.5 Å². The molecule has 26 heavy (non-hydrogen) atoms. The Morgan fingerprint density at radius 2 is 2.12 bits per heavy atom. The molecular formula is C21H26N4O. The zero-order chi connectivity index (χ0) is 17.3. The average Bonchev–Trinajstić information content (AvgIpc) is 3.33. The monoisotopic (exact) mass is 350 g/mol. The molecule has 2 aromatic rings. The van der Waals surface area contributed by atoms with E-state index < -0.39 is 0 Å². The number of rotatable bonds is 4. The van der Waals surface area contributed by atoms with Crippen LogP contribution < -0.4 is 9.64 Å². The van der Waals surface area contributed by atoms with Crippen LogP contribution in [0.5, 0.6) is 5.75 Å². The van der Waals surface area contributed by atoms with Crippen LogP contribution in [-0.4, -0.2) is 53.7 Å². The lowest BCUT2D eigenvalue weighted by Gasteiger charge is -2.39. The van der Waals surface area contributed by atoms with Gasteiger partial charge in [0, 0.05) is 44.5 Å². The van der Waals surface area contributed by atoms with Crippen LogP contribution in [0, 0.1) is 5.92 Å². The Morgan fingerprint density at radius 3 is 3.04 bits per heavy atom. The lowest BCUT2D eigenvalue weighted by atomic mass is 9.92. The highest BCUT2D eigenvalue weighted by Crippen LogP contribution is 2.33. The van der Waals surface area contributed by atoms with E-state index in [1.165, 1.54) is 30.5 Å². The number of nitrogens with zero attached hydrogens (tertiary/aromatic N) is 4. The molecule has 2 saturated heterocycles. The first kappa shape index (κ1) is 16.1. The van der Waals surface area contributed by atoms with Gasteiger partial charge in [-0.15, -0.1) is 0 Å². The van der Waals surface area contributed by atoms with Crippen LogP contribution in [0.4, 0.5) is 5.82 Å². The number of piperidine rings is 1. The van der Waals surface area contributed by atoms with Crippen molar-refractivity contribution in [1.29, 1.82) is 0 Å². The Kier molecular flexibility index (Phi) is 4.25. The summed E-state index contributed by atoms with van der Waals surface area (Å²) in [6.45, 7) is 5.42. The zero-order valence-corrected chi connectivity index (χ0v) is 15.2. The molecule has 5 heteroatoms. The van der Waals surface area contributed by atoms with Crippen molar-refractivity contribution >= 4 is 5.82 Å². The number of hydrogen-bond acceptors (Lipinski definition) is 5. The zero-order valence-electron chi connectivity index (χ0n) is 15.2. The summed E-state index contributed by atoms with van der Waals surface area (Å²) in [5, 5.41) is 0. The number of fused-ring (bicyclic) bond motifs is 2. The third kappa shape index (κ3) is 3.05. The Bertz CT molecular complexity index is 766. The van der Waals surface area contributed by atoms with E-state index in [-0.39, 0.29) is 0 Å². The molecule has 2 fully saturated rings. The average molecular weight is 350 g/mol. The lowest BCUT2D eigenvalue weighted by Crippen LogP contribution is -2.48. The number of benzene rings is 1. The van der Waals surface area contributed by atoms with Gasteiger partial charge in [0.05, 0.1) is 12.8 Å². The van der Waals surface area contributed by atoms with Crippen LogP contribution in [0.1, 0.15) is 24.0 Å². The molecule has 3 aliphatic rings.